The first-order valence-electron chi connectivity index (χ1n) is 8.70. The number of aromatic hydroxyl groups is 1. The van der Waals surface area contributed by atoms with Crippen molar-refractivity contribution in [1.29, 1.82) is 0 Å². The molecule has 0 fully saturated rings. The zero-order valence-electron chi connectivity index (χ0n) is 15.4. The maximum Gasteiger partial charge on any atom is 0.342 e. The summed E-state index contributed by atoms with van der Waals surface area (Å²) < 4.78 is 5.20. The fraction of sp³-hybridized carbons (Fsp3) is 0.136. The monoisotopic (exact) mass is 377 g/mol. The summed E-state index contributed by atoms with van der Waals surface area (Å²) in [7, 11) is 0. The molecule has 2 N–H and O–H groups in total. The summed E-state index contributed by atoms with van der Waals surface area (Å²) in [6, 6.07) is 16.7. The van der Waals surface area contributed by atoms with Crippen molar-refractivity contribution in [1.82, 2.24) is 0 Å². The molecule has 0 unspecified atom stereocenters. The van der Waals surface area contributed by atoms with E-state index in [0.29, 0.717) is 16.6 Å². The molecular weight excluding hydrogens is 358 g/mol. The predicted molar refractivity (Wildman–Crippen MR) is 106 cm³/mol. The lowest BCUT2D eigenvalue weighted by Gasteiger charge is -2.15. The van der Waals surface area contributed by atoms with Gasteiger partial charge in [0.25, 0.3) is 5.91 Å². The third-order valence-electron chi connectivity index (χ3n) is 4.31. The molecule has 0 aromatic heterocycles. The van der Waals surface area contributed by atoms with Gasteiger partial charge in [-0.3, -0.25) is 9.59 Å². The molecule has 28 heavy (non-hydrogen) atoms. The molecule has 0 radical (unpaired) electrons. The van der Waals surface area contributed by atoms with Crippen LogP contribution in [0, 0.1) is 0 Å². The lowest BCUT2D eigenvalue weighted by atomic mass is 10.1. The van der Waals surface area contributed by atoms with Crippen molar-refractivity contribution in [3.05, 3.63) is 71.8 Å². The normalized spacial score (nSPS) is 11.6. The van der Waals surface area contributed by atoms with Gasteiger partial charge in [0.05, 0.1) is 0 Å². The van der Waals surface area contributed by atoms with E-state index in [1.54, 1.807) is 42.5 Å². The number of hydrogen-bond acceptors (Lipinski definition) is 5. The summed E-state index contributed by atoms with van der Waals surface area (Å²) in [5, 5.41) is 14.3. The minimum absolute atomic E-state index is 0.0167. The summed E-state index contributed by atoms with van der Waals surface area (Å²) in [5.74, 6) is -1.66. The molecule has 0 aliphatic rings. The lowest BCUT2D eigenvalue weighted by Crippen LogP contribution is -2.30. The van der Waals surface area contributed by atoms with Crippen LogP contribution < -0.4 is 5.32 Å². The summed E-state index contributed by atoms with van der Waals surface area (Å²) in [6.45, 7) is 2.86. The Bertz CT molecular complexity index is 1070. The summed E-state index contributed by atoms with van der Waals surface area (Å²) in [6.07, 6.45) is -1.10. The Hall–Kier alpha value is -3.67. The third kappa shape index (κ3) is 4.01. The third-order valence-corrected chi connectivity index (χ3v) is 4.31. The summed E-state index contributed by atoms with van der Waals surface area (Å²) in [5.41, 5.74) is 0.870. The van der Waals surface area contributed by atoms with Gasteiger partial charge >= 0.3 is 5.97 Å². The molecule has 0 aliphatic carbocycles. The zero-order chi connectivity index (χ0) is 20.3. The first-order valence-corrected chi connectivity index (χ1v) is 8.70. The van der Waals surface area contributed by atoms with Gasteiger partial charge in [-0.2, -0.15) is 0 Å². The molecule has 0 spiro atoms. The molecule has 3 aromatic rings. The number of carbonyl (C=O) groups excluding carboxylic acids is 3. The van der Waals surface area contributed by atoms with Crippen LogP contribution in [0.15, 0.2) is 60.7 Å². The van der Waals surface area contributed by atoms with E-state index >= 15 is 0 Å². The first kappa shape index (κ1) is 19.1. The van der Waals surface area contributed by atoms with Crippen LogP contribution >= 0.6 is 0 Å². The minimum Gasteiger partial charge on any atom is -0.506 e. The van der Waals surface area contributed by atoms with Gasteiger partial charge in [-0.05, 0) is 37.4 Å². The van der Waals surface area contributed by atoms with Gasteiger partial charge in [0, 0.05) is 16.6 Å². The number of amides is 1. The van der Waals surface area contributed by atoms with E-state index in [-0.39, 0.29) is 17.1 Å². The molecule has 6 nitrogen and oxygen atoms in total. The quantitative estimate of drug-likeness (QED) is 0.519. The van der Waals surface area contributed by atoms with E-state index in [2.05, 4.69) is 5.32 Å². The average molecular weight is 377 g/mol. The number of ketones is 1. The number of ether oxygens (including phenoxy) is 1. The van der Waals surface area contributed by atoms with E-state index in [0.717, 1.165) is 5.39 Å². The molecule has 142 valence electrons. The number of carbonyl (C=O) groups is 3. The van der Waals surface area contributed by atoms with Crippen LogP contribution in [-0.2, 0) is 9.53 Å². The Labute approximate surface area is 161 Å². The molecular formula is C22H19NO5. The second kappa shape index (κ2) is 7.92. The van der Waals surface area contributed by atoms with Crippen LogP contribution in [0.1, 0.15) is 34.6 Å². The van der Waals surface area contributed by atoms with Gasteiger partial charge in [0.15, 0.2) is 11.9 Å². The number of Topliss-reactive ketones (excluding diaryl/α,β-unsaturated/α-hetero) is 1. The predicted octanol–water partition coefficient (Wildman–Crippen LogP) is 3.93. The Morgan fingerprint density at radius 2 is 1.75 bits per heavy atom. The molecule has 0 heterocycles. The Kier molecular flexibility index (Phi) is 5.40. The molecule has 3 rings (SSSR count). The van der Waals surface area contributed by atoms with E-state index in [4.69, 9.17) is 4.74 Å². The van der Waals surface area contributed by atoms with Crippen LogP contribution in [0.4, 0.5) is 5.69 Å². The Balaban J connectivity index is 1.72. The van der Waals surface area contributed by atoms with Gasteiger partial charge < -0.3 is 15.2 Å². The number of rotatable bonds is 5. The van der Waals surface area contributed by atoms with Gasteiger partial charge in [-0.25, -0.2) is 4.79 Å². The van der Waals surface area contributed by atoms with Crippen LogP contribution in [0.5, 0.6) is 5.75 Å². The first-order chi connectivity index (χ1) is 13.4. The van der Waals surface area contributed by atoms with E-state index in [1.165, 1.54) is 19.9 Å². The standard InChI is InChI=1S/C22H19NO5/c1-13(24)16-7-5-8-17(12-16)23-21(26)14(2)28-22(27)19-11-10-15-6-3-4-9-18(15)20(19)25/h3-12,14,25H,1-2H3,(H,23,26)/t14-/m1/s1. The van der Waals surface area contributed by atoms with Gasteiger partial charge in [0.2, 0.25) is 0 Å². The molecule has 0 aliphatic heterocycles. The summed E-state index contributed by atoms with van der Waals surface area (Å²) in [4.78, 5) is 36.2. The van der Waals surface area contributed by atoms with Gasteiger partial charge in [-0.1, -0.05) is 42.5 Å². The van der Waals surface area contributed by atoms with E-state index in [1.807, 2.05) is 12.1 Å². The fourth-order valence-corrected chi connectivity index (χ4v) is 2.76. The zero-order valence-corrected chi connectivity index (χ0v) is 15.4. The Morgan fingerprint density at radius 1 is 1.00 bits per heavy atom. The number of fused-ring (bicyclic) bond motifs is 1. The number of benzene rings is 3. The maximum absolute atomic E-state index is 12.4. The number of phenols is 1. The highest BCUT2D eigenvalue weighted by Crippen LogP contribution is 2.29. The van der Waals surface area contributed by atoms with Crippen molar-refractivity contribution in [2.24, 2.45) is 0 Å². The van der Waals surface area contributed by atoms with Crippen LogP contribution in [0.2, 0.25) is 0 Å². The minimum atomic E-state index is -1.10. The number of phenolic OH excluding ortho intramolecular Hbond substituents is 1. The van der Waals surface area contributed by atoms with Crippen molar-refractivity contribution in [2.75, 3.05) is 5.32 Å². The molecule has 0 saturated carbocycles. The molecule has 6 heteroatoms. The largest absolute Gasteiger partial charge is 0.506 e. The number of hydrogen-bond donors (Lipinski definition) is 2. The highest BCUT2D eigenvalue weighted by Gasteiger charge is 2.22. The topological polar surface area (TPSA) is 92.7 Å². The molecule has 0 bridgehead atoms. The second-order valence-electron chi connectivity index (χ2n) is 6.36. The molecule has 3 aromatic carbocycles. The van der Waals surface area contributed by atoms with Gasteiger partial charge in [0.1, 0.15) is 11.3 Å². The summed E-state index contributed by atoms with van der Waals surface area (Å²) >= 11 is 0. The fourth-order valence-electron chi connectivity index (χ4n) is 2.76. The van der Waals surface area contributed by atoms with Crippen molar-refractivity contribution in [3.8, 4) is 5.75 Å². The van der Waals surface area contributed by atoms with Crippen LogP contribution in [-0.4, -0.2) is 28.9 Å². The van der Waals surface area contributed by atoms with E-state index < -0.39 is 18.0 Å². The van der Waals surface area contributed by atoms with Crippen molar-refractivity contribution in [2.45, 2.75) is 20.0 Å². The van der Waals surface area contributed by atoms with Crippen molar-refractivity contribution >= 4 is 34.1 Å². The lowest BCUT2D eigenvalue weighted by molar-refractivity contribution is -0.123. The molecule has 1 atom stereocenters. The Morgan fingerprint density at radius 3 is 2.50 bits per heavy atom. The van der Waals surface area contributed by atoms with E-state index in [9.17, 15) is 19.5 Å². The SMILES string of the molecule is CC(=O)c1cccc(NC(=O)[C@@H](C)OC(=O)c2ccc3ccccc3c2O)c1. The smallest absolute Gasteiger partial charge is 0.342 e. The number of esters is 1. The number of anilines is 1. The maximum atomic E-state index is 12.4. The highest BCUT2D eigenvalue weighted by molar-refractivity contribution is 6.03. The molecule has 0 saturated heterocycles. The number of nitrogens with one attached hydrogen (secondary N) is 1. The highest BCUT2D eigenvalue weighted by atomic mass is 16.5. The average Bonchev–Trinajstić information content (AvgIpc) is 2.68. The molecule has 1 amide bonds. The van der Waals surface area contributed by atoms with Crippen molar-refractivity contribution < 1.29 is 24.2 Å². The van der Waals surface area contributed by atoms with Gasteiger partial charge in [-0.15, -0.1) is 0 Å². The second-order valence-corrected chi connectivity index (χ2v) is 6.36. The van der Waals surface area contributed by atoms with Crippen LogP contribution in [0.3, 0.4) is 0 Å². The van der Waals surface area contributed by atoms with Crippen molar-refractivity contribution in [3.63, 3.8) is 0 Å². The van der Waals surface area contributed by atoms with Crippen LogP contribution in [0.25, 0.3) is 10.8 Å².